The first-order chi connectivity index (χ1) is 15.1. The normalized spacial score (nSPS) is 15.6. The number of hydrogen-bond acceptors (Lipinski definition) is 5. The minimum Gasteiger partial charge on any atom is -0.496 e. The third-order valence-electron chi connectivity index (χ3n) is 5.50. The second-order valence-corrected chi connectivity index (χ2v) is 7.53. The van der Waals surface area contributed by atoms with Crippen molar-refractivity contribution in [1.29, 1.82) is 0 Å². The molecule has 1 atom stereocenters. The highest BCUT2D eigenvalue weighted by molar-refractivity contribution is 5.92. The second-order valence-electron chi connectivity index (χ2n) is 7.53. The predicted octanol–water partition coefficient (Wildman–Crippen LogP) is 2.30. The Morgan fingerprint density at radius 2 is 2.06 bits per heavy atom. The third kappa shape index (κ3) is 4.91. The van der Waals surface area contributed by atoms with Gasteiger partial charge in [0.2, 0.25) is 5.91 Å². The van der Waals surface area contributed by atoms with Gasteiger partial charge in [0.15, 0.2) is 0 Å². The van der Waals surface area contributed by atoms with Crippen LogP contribution in [-0.4, -0.2) is 52.1 Å². The van der Waals surface area contributed by atoms with Crippen LogP contribution in [0.15, 0.2) is 54.7 Å². The lowest BCUT2D eigenvalue weighted by Crippen LogP contribution is -2.30. The molecular weight excluding hydrogens is 394 g/mol. The smallest absolute Gasteiger partial charge is 0.272 e. The van der Waals surface area contributed by atoms with Gasteiger partial charge in [-0.05, 0) is 30.7 Å². The van der Waals surface area contributed by atoms with Crippen molar-refractivity contribution in [3.63, 3.8) is 0 Å². The summed E-state index contributed by atoms with van der Waals surface area (Å²) in [5, 5.41) is 10.0. The van der Waals surface area contributed by atoms with E-state index in [1.54, 1.807) is 19.4 Å². The van der Waals surface area contributed by atoms with Crippen molar-refractivity contribution in [1.82, 2.24) is 25.4 Å². The van der Waals surface area contributed by atoms with E-state index in [4.69, 9.17) is 4.74 Å². The van der Waals surface area contributed by atoms with Crippen LogP contribution in [0.2, 0.25) is 0 Å². The van der Waals surface area contributed by atoms with Crippen LogP contribution in [-0.2, 0) is 17.8 Å². The molecule has 160 valence electrons. The molecule has 8 heteroatoms. The quantitative estimate of drug-likeness (QED) is 0.612. The first-order valence-electron chi connectivity index (χ1n) is 10.3. The number of amides is 2. The number of ether oxygens (including phenoxy) is 1. The zero-order valence-corrected chi connectivity index (χ0v) is 17.4. The molecule has 0 spiro atoms. The molecule has 2 aromatic heterocycles. The lowest BCUT2D eigenvalue weighted by Gasteiger charge is -2.16. The van der Waals surface area contributed by atoms with E-state index in [9.17, 15) is 9.59 Å². The first-order valence-corrected chi connectivity index (χ1v) is 10.3. The van der Waals surface area contributed by atoms with Gasteiger partial charge in [0.1, 0.15) is 11.4 Å². The van der Waals surface area contributed by atoms with Gasteiger partial charge < -0.3 is 15.0 Å². The maximum atomic E-state index is 12.6. The molecule has 0 radical (unpaired) electrons. The summed E-state index contributed by atoms with van der Waals surface area (Å²) < 4.78 is 5.31. The van der Waals surface area contributed by atoms with E-state index < -0.39 is 0 Å². The van der Waals surface area contributed by atoms with E-state index in [2.05, 4.69) is 20.5 Å². The SMILES string of the molecule is COc1ccccc1CNC(=O)c1cc([C@@H]2CCN(C(=O)Cc3ccccn3)C2)[nH]n1. The van der Waals surface area contributed by atoms with Crippen LogP contribution in [0.5, 0.6) is 5.75 Å². The molecule has 8 nitrogen and oxygen atoms in total. The number of hydrogen-bond donors (Lipinski definition) is 2. The van der Waals surface area contributed by atoms with Gasteiger partial charge in [-0.15, -0.1) is 0 Å². The summed E-state index contributed by atoms with van der Waals surface area (Å²) in [5.41, 5.74) is 2.87. The van der Waals surface area contributed by atoms with Crippen LogP contribution in [0.25, 0.3) is 0 Å². The summed E-state index contributed by atoms with van der Waals surface area (Å²) in [6.45, 7) is 1.64. The monoisotopic (exact) mass is 419 g/mol. The Balaban J connectivity index is 1.32. The van der Waals surface area contributed by atoms with Gasteiger partial charge in [0.05, 0.1) is 13.5 Å². The molecule has 1 saturated heterocycles. The molecule has 3 heterocycles. The molecule has 0 unspecified atom stereocenters. The van der Waals surface area contributed by atoms with Crippen molar-refractivity contribution in [2.45, 2.75) is 25.3 Å². The van der Waals surface area contributed by atoms with E-state index >= 15 is 0 Å². The fourth-order valence-electron chi connectivity index (χ4n) is 3.79. The van der Waals surface area contributed by atoms with Crippen molar-refractivity contribution in [3.05, 3.63) is 77.4 Å². The highest BCUT2D eigenvalue weighted by Crippen LogP contribution is 2.26. The first kappa shape index (κ1) is 20.6. The molecule has 0 bridgehead atoms. The Morgan fingerprint density at radius 1 is 1.23 bits per heavy atom. The lowest BCUT2D eigenvalue weighted by molar-refractivity contribution is -0.129. The van der Waals surface area contributed by atoms with Crippen LogP contribution < -0.4 is 10.1 Å². The number of para-hydroxylation sites is 1. The topological polar surface area (TPSA) is 100 Å². The van der Waals surface area contributed by atoms with E-state index in [-0.39, 0.29) is 17.7 Å². The number of H-pyrrole nitrogens is 1. The van der Waals surface area contributed by atoms with Gasteiger partial charge in [0.25, 0.3) is 5.91 Å². The number of nitrogens with zero attached hydrogens (tertiary/aromatic N) is 3. The highest BCUT2D eigenvalue weighted by atomic mass is 16.5. The fraction of sp³-hybridized carbons (Fsp3) is 0.304. The number of methoxy groups -OCH3 is 1. The molecule has 1 aliphatic heterocycles. The molecule has 2 N–H and O–H groups in total. The van der Waals surface area contributed by atoms with Crippen LogP contribution >= 0.6 is 0 Å². The van der Waals surface area contributed by atoms with Crippen molar-refractivity contribution in [2.75, 3.05) is 20.2 Å². The van der Waals surface area contributed by atoms with Crippen molar-refractivity contribution in [2.24, 2.45) is 0 Å². The van der Waals surface area contributed by atoms with Crippen LogP contribution in [0, 0.1) is 0 Å². The number of rotatable bonds is 7. The van der Waals surface area contributed by atoms with Crippen molar-refractivity contribution < 1.29 is 14.3 Å². The highest BCUT2D eigenvalue weighted by Gasteiger charge is 2.29. The Hall–Kier alpha value is -3.68. The summed E-state index contributed by atoms with van der Waals surface area (Å²) in [4.78, 5) is 31.2. The van der Waals surface area contributed by atoms with E-state index in [1.807, 2.05) is 47.4 Å². The summed E-state index contributed by atoms with van der Waals surface area (Å²) in [7, 11) is 1.60. The average Bonchev–Trinajstić information content (AvgIpc) is 3.48. The number of likely N-dealkylation sites (tertiary alicyclic amines) is 1. The molecule has 1 aromatic carbocycles. The number of aromatic nitrogens is 3. The number of carbonyl (C=O) groups is 2. The standard InChI is InChI=1S/C23H25N5O3/c1-31-21-8-3-2-6-16(21)14-25-23(30)20-13-19(26-27-20)17-9-11-28(15-17)22(29)12-18-7-4-5-10-24-18/h2-8,10,13,17H,9,11-12,14-15H2,1H3,(H,25,30)(H,26,27)/t17-/m1/s1. The summed E-state index contributed by atoms with van der Waals surface area (Å²) in [5.74, 6) is 0.674. The molecule has 0 saturated carbocycles. The van der Waals surface area contributed by atoms with Gasteiger partial charge >= 0.3 is 0 Å². The van der Waals surface area contributed by atoms with Crippen molar-refractivity contribution in [3.8, 4) is 5.75 Å². The third-order valence-corrected chi connectivity index (χ3v) is 5.50. The Bertz CT molecular complexity index is 1050. The summed E-state index contributed by atoms with van der Waals surface area (Å²) in [6.07, 6.45) is 2.83. The maximum Gasteiger partial charge on any atom is 0.272 e. The molecular formula is C23H25N5O3. The van der Waals surface area contributed by atoms with Gasteiger partial charge in [-0.1, -0.05) is 24.3 Å². The second kappa shape index (κ2) is 9.42. The van der Waals surface area contributed by atoms with Crippen LogP contribution in [0.3, 0.4) is 0 Å². The van der Waals surface area contributed by atoms with E-state index in [0.29, 0.717) is 31.7 Å². The summed E-state index contributed by atoms with van der Waals surface area (Å²) >= 11 is 0. The maximum absolute atomic E-state index is 12.6. The molecule has 3 aromatic rings. The minimum absolute atomic E-state index is 0.0653. The largest absolute Gasteiger partial charge is 0.496 e. The zero-order valence-electron chi connectivity index (χ0n) is 17.4. The Labute approximate surface area is 180 Å². The zero-order chi connectivity index (χ0) is 21.6. The van der Waals surface area contributed by atoms with Gasteiger partial charge in [-0.25, -0.2) is 0 Å². The Morgan fingerprint density at radius 3 is 2.87 bits per heavy atom. The molecule has 1 aliphatic rings. The summed E-state index contributed by atoms with van der Waals surface area (Å²) in [6, 6.07) is 14.9. The van der Waals surface area contributed by atoms with Gasteiger partial charge in [-0.2, -0.15) is 5.10 Å². The molecule has 31 heavy (non-hydrogen) atoms. The number of nitrogens with one attached hydrogen (secondary N) is 2. The van der Waals surface area contributed by atoms with E-state index in [1.165, 1.54) is 0 Å². The van der Waals surface area contributed by atoms with Crippen LogP contribution in [0.4, 0.5) is 0 Å². The number of aromatic amines is 1. The lowest BCUT2D eigenvalue weighted by atomic mass is 10.0. The van der Waals surface area contributed by atoms with Gasteiger partial charge in [0, 0.05) is 48.7 Å². The molecule has 4 rings (SSSR count). The fourth-order valence-corrected chi connectivity index (χ4v) is 3.79. The van der Waals surface area contributed by atoms with Crippen LogP contribution in [0.1, 0.15) is 39.8 Å². The number of pyridine rings is 1. The Kier molecular flexibility index (Phi) is 6.26. The number of benzene rings is 1. The minimum atomic E-state index is -0.255. The molecule has 1 fully saturated rings. The molecule has 2 amide bonds. The average molecular weight is 419 g/mol. The van der Waals surface area contributed by atoms with Gasteiger partial charge in [-0.3, -0.25) is 19.7 Å². The molecule has 0 aliphatic carbocycles. The van der Waals surface area contributed by atoms with E-state index in [0.717, 1.165) is 29.1 Å². The predicted molar refractivity (Wildman–Crippen MR) is 115 cm³/mol. The van der Waals surface area contributed by atoms with Crippen molar-refractivity contribution >= 4 is 11.8 Å². The number of carbonyl (C=O) groups excluding carboxylic acids is 2.